The average Bonchev–Trinajstić information content (AvgIpc) is 2.97. The second kappa shape index (κ2) is 7.59. The summed E-state index contributed by atoms with van der Waals surface area (Å²) in [6.45, 7) is 1.12. The molecule has 1 aliphatic rings. The molecule has 1 amide bonds. The first-order chi connectivity index (χ1) is 8.60. The maximum absolute atomic E-state index is 12.2. The van der Waals surface area contributed by atoms with Crippen molar-refractivity contribution in [3.63, 3.8) is 0 Å². The zero-order valence-electron chi connectivity index (χ0n) is 10.7. The third kappa shape index (κ3) is 4.43. The van der Waals surface area contributed by atoms with Crippen molar-refractivity contribution >= 4 is 45.6 Å². The van der Waals surface area contributed by atoms with E-state index in [4.69, 9.17) is 10.5 Å². The third-order valence-corrected chi connectivity index (χ3v) is 4.65. The highest BCUT2D eigenvalue weighted by Gasteiger charge is 2.31. The zero-order chi connectivity index (χ0) is 13.1. The molecule has 0 saturated carbocycles. The molecule has 1 aliphatic heterocycles. The van der Waals surface area contributed by atoms with Gasteiger partial charge in [-0.15, -0.1) is 23.7 Å². The summed E-state index contributed by atoms with van der Waals surface area (Å²) in [5, 5.41) is 0. The van der Waals surface area contributed by atoms with Crippen LogP contribution in [0.15, 0.2) is 15.9 Å². The molecule has 0 radical (unpaired) electrons. The number of ether oxygens (including phenoxy) is 1. The Hall–Kier alpha value is -0.140. The molecule has 0 unspecified atom stereocenters. The van der Waals surface area contributed by atoms with Gasteiger partial charge in [0.15, 0.2) is 0 Å². The highest BCUT2D eigenvalue weighted by molar-refractivity contribution is 9.11. The van der Waals surface area contributed by atoms with E-state index in [-0.39, 0.29) is 30.5 Å². The van der Waals surface area contributed by atoms with Crippen LogP contribution in [0.5, 0.6) is 0 Å². The molecule has 1 aromatic heterocycles. The van der Waals surface area contributed by atoms with Crippen LogP contribution in [0.3, 0.4) is 0 Å². The van der Waals surface area contributed by atoms with Crippen molar-refractivity contribution in [2.24, 2.45) is 5.73 Å². The Labute approximate surface area is 131 Å². The van der Waals surface area contributed by atoms with Crippen LogP contribution in [-0.2, 0) is 16.1 Å². The Kier molecular flexibility index (Phi) is 6.76. The van der Waals surface area contributed by atoms with Crippen molar-refractivity contribution in [3.8, 4) is 0 Å². The molecule has 2 heterocycles. The molecule has 2 N–H and O–H groups in total. The van der Waals surface area contributed by atoms with Crippen LogP contribution in [0.4, 0.5) is 0 Å². The van der Waals surface area contributed by atoms with Crippen LogP contribution in [0.25, 0.3) is 0 Å². The van der Waals surface area contributed by atoms with Crippen molar-refractivity contribution in [2.45, 2.75) is 31.6 Å². The molecule has 1 aromatic rings. The Balaban J connectivity index is 0.00000180. The number of nitrogens with zero attached hydrogens (tertiary/aromatic N) is 1. The standard InChI is InChI=1S/C12H17BrN2O2S.ClH/c1-15(7-9-3-5-11(13)18-9)12(16)10-4-2-8(6-14)17-10;/h3,5,8,10H,2,4,6-7,14H2,1H3;1H/t8-,10+;/m1./s1. The number of likely N-dealkylation sites (N-methyl/N-ethyl adjacent to an activating group) is 1. The van der Waals surface area contributed by atoms with Gasteiger partial charge in [-0.3, -0.25) is 4.79 Å². The summed E-state index contributed by atoms with van der Waals surface area (Å²) in [5.41, 5.74) is 5.55. The van der Waals surface area contributed by atoms with E-state index in [1.165, 1.54) is 0 Å². The minimum absolute atomic E-state index is 0. The van der Waals surface area contributed by atoms with E-state index in [9.17, 15) is 4.79 Å². The largest absolute Gasteiger partial charge is 0.364 e. The van der Waals surface area contributed by atoms with Gasteiger partial charge < -0.3 is 15.4 Å². The topological polar surface area (TPSA) is 55.6 Å². The molecule has 2 rings (SSSR count). The van der Waals surface area contributed by atoms with Crippen molar-refractivity contribution < 1.29 is 9.53 Å². The lowest BCUT2D eigenvalue weighted by Crippen LogP contribution is -2.36. The van der Waals surface area contributed by atoms with Gasteiger partial charge in [0.2, 0.25) is 0 Å². The summed E-state index contributed by atoms with van der Waals surface area (Å²) < 4.78 is 6.70. The molecule has 0 aliphatic carbocycles. The summed E-state index contributed by atoms with van der Waals surface area (Å²) in [4.78, 5) is 15.1. The predicted molar refractivity (Wildman–Crippen MR) is 82.7 cm³/mol. The molecule has 7 heteroatoms. The van der Waals surface area contributed by atoms with E-state index in [0.717, 1.165) is 21.5 Å². The first kappa shape index (κ1) is 16.9. The minimum atomic E-state index is -0.313. The number of hydrogen-bond donors (Lipinski definition) is 1. The Morgan fingerprint density at radius 2 is 2.32 bits per heavy atom. The quantitative estimate of drug-likeness (QED) is 0.886. The van der Waals surface area contributed by atoms with Crippen LogP contribution >= 0.6 is 39.7 Å². The highest BCUT2D eigenvalue weighted by Crippen LogP contribution is 2.25. The highest BCUT2D eigenvalue weighted by atomic mass is 79.9. The van der Waals surface area contributed by atoms with Gasteiger partial charge in [0.1, 0.15) is 6.10 Å². The predicted octanol–water partition coefficient (Wildman–Crippen LogP) is 2.40. The molecular weight excluding hydrogens is 352 g/mol. The van der Waals surface area contributed by atoms with Gasteiger partial charge in [0, 0.05) is 18.5 Å². The summed E-state index contributed by atoms with van der Waals surface area (Å²) in [5.74, 6) is 0.0514. The Morgan fingerprint density at radius 3 is 2.84 bits per heavy atom. The first-order valence-electron chi connectivity index (χ1n) is 5.95. The average molecular weight is 370 g/mol. The molecule has 1 saturated heterocycles. The van der Waals surface area contributed by atoms with Crippen LogP contribution in [-0.4, -0.2) is 36.6 Å². The lowest BCUT2D eigenvalue weighted by molar-refractivity contribution is -0.141. The number of thiophene rings is 1. The number of rotatable bonds is 4. The Morgan fingerprint density at radius 1 is 1.58 bits per heavy atom. The van der Waals surface area contributed by atoms with E-state index >= 15 is 0 Å². The lowest BCUT2D eigenvalue weighted by atomic mass is 10.2. The zero-order valence-corrected chi connectivity index (χ0v) is 13.9. The normalized spacial score (nSPS) is 22.1. The molecular formula is C12H18BrClN2O2S. The molecule has 0 spiro atoms. The second-order valence-corrected chi connectivity index (χ2v) is 7.01. The fraction of sp³-hybridized carbons (Fsp3) is 0.583. The molecule has 108 valence electrons. The van der Waals surface area contributed by atoms with E-state index in [2.05, 4.69) is 15.9 Å². The van der Waals surface area contributed by atoms with E-state index in [1.807, 2.05) is 19.2 Å². The van der Waals surface area contributed by atoms with Crippen molar-refractivity contribution in [1.29, 1.82) is 0 Å². The molecule has 4 nitrogen and oxygen atoms in total. The maximum atomic E-state index is 12.2. The van der Waals surface area contributed by atoms with Gasteiger partial charge in [-0.2, -0.15) is 0 Å². The first-order valence-corrected chi connectivity index (χ1v) is 7.56. The second-order valence-electron chi connectivity index (χ2n) is 4.46. The Bertz CT molecular complexity index is 430. The van der Waals surface area contributed by atoms with E-state index in [0.29, 0.717) is 13.1 Å². The fourth-order valence-electron chi connectivity index (χ4n) is 2.05. The number of hydrogen-bond acceptors (Lipinski definition) is 4. The van der Waals surface area contributed by atoms with Crippen molar-refractivity contribution in [2.75, 3.05) is 13.6 Å². The molecule has 19 heavy (non-hydrogen) atoms. The fourth-order valence-corrected chi connectivity index (χ4v) is 3.59. The molecule has 1 fully saturated rings. The number of nitrogens with two attached hydrogens (primary N) is 1. The third-order valence-electron chi connectivity index (χ3n) is 3.04. The maximum Gasteiger partial charge on any atom is 0.251 e. The smallest absolute Gasteiger partial charge is 0.251 e. The van der Waals surface area contributed by atoms with Crippen molar-refractivity contribution in [3.05, 3.63) is 20.8 Å². The number of carbonyl (C=O) groups is 1. The van der Waals surface area contributed by atoms with Gasteiger partial charge in [0.05, 0.1) is 16.4 Å². The van der Waals surface area contributed by atoms with Gasteiger partial charge >= 0.3 is 0 Å². The number of halogens is 2. The lowest BCUT2D eigenvalue weighted by Gasteiger charge is -2.20. The van der Waals surface area contributed by atoms with Gasteiger partial charge in [-0.25, -0.2) is 0 Å². The molecule has 0 bridgehead atoms. The SMILES string of the molecule is CN(Cc1ccc(Br)s1)C(=O)[C@@H]1CC[C@H](CN)O1.Cl. The van der Waals surface area contributed by atoms with Gasteiger partial charge in [-0.1, -0.05) is 0 Å². The van der Waals surface area contributed by atoms with Crippen LogP contribution in [0, 0.1) is 0 Å². The summed E-state index contributed by atoms with van der Waals surface area (Å²) in [6, 6.07) is 4.02. The summed E-state index contributed by atoms with van der Waals surface area (Å²) >= 11 is 5.06. The number of amides is 1. The van der Waals surface area contributed by atoms with E-state index in [1.54, 1.807) is 16.2 Å². The summed E-state index contributed by atoms with van der Waals surface area (Å²) in [6.07, 6.45) is 1.39. The minimum Gasteiger partial charge on any atom is -0.364 e. The molecule has 0 aromatic carbocycles. The van der Waals surface area contributed by atoms with Crippen molar-refractivity contribution in [1.82, 2.24) is 4.90 Å². The van der Waals surface area contributed by atoms with Gasteiger partial charge in [0.25, 0.3) is 5.91 Å². The van der Waals surface area contributed by atoms with E-state index < -0.39 is 0 Å². The van der Waals surface area contributed by atoms with Crippen LogP contribution in [0.2, 0.25) is 0 Å². The van der Waals surface area contributed by atoms with Gasteiger partial charge in [-0.05, 0) is 40.9 Å². The van der Waals surface area contributed by atoms with Crippen LogP contribution < -0.4 is 5.73 Å². The summed E-state index contributed by atoms with van der Waals surface area (Å²) in [7, 11) is 1.81. The monoisotopic (exact) mass is 368 g/mol. The van der Waals surface area contributed by atoms with Crippen LogP contribution in [0.1, 0.15) is 17.7 Å². The molecule has 2 atom stereocenters. The number of carbonyl (C=O) groups excluding carboxylic acids is 1.